The molecule has 0 radical (unpaired) electrons. The van der Waals surface area contributed by atoms with Gasteiger partial charge < -0.3 is 35.7 Å². The smallest absolute Gasteiger partial charge is 0.335 e. The quantitative estimate of drug-likeness (QED) is 0.261. The first-order valence-electron chi connectivity index (χ1n) is 11.9. The monoisotopic (exact) mass is 526 g/mol. The summed E-state index contributed by atoms with van der Waals surface area (Å²) in [6.07, 6.45) is 2.59. The van der Waals surface area contributed by atoms with E-state index in [0.717, 1.165) is 17.5 Å². The van der Waals surface area contributed by atoms with Gasteiger partial charge in [-0.1, -0.05) is 0 Å². The summed E-state index contributed by atoms with van der Waals surface area (Å²) in [6, 6.07) is 9.97. The number of nitrogens with one attached hydrogen (secondary N) is 2. The van der Waals surface area contributed by atoms with Gasteiger partial charge in [-0.05, 0) is 60.9 Å². The summed E-state index contributed by atoms with van der Waals surface area (Å²) in [5, 5.41) is 17.9. The van der Waals surface area contributed by atoms with E-state index >= 15 is 0 Å². The maximum Gasteiger partial charge on any atom is 0.335 e. The lowest BCUT2D eigenvalue weighted by atomic mass is 9.81. The van der Waals surface area contributed by atoms with E-state index in [2.05, 4.69) is 15.6 Å². The molecule has 0 spiro atoms. The molecule has 0 fully saturated rings. The maximum atomic E-state index is 12.8. The highest BCUT2D eigenvalue weighted by atomic mass is 32.1. The number of amides is 1. The first kappa shape index (κ1) is 26.6. The van der Waals surface area contributed by atoms with Crippen LogP contribution in [0, 0.1) is 0 Å². The average molecular weight is 527 g/mol. The predicted octanol–water partition coefficient (Wildman–Crippen LogP) is 3.38. The molecule has 0 bridgehead atoms. The molecule has 37 heavy (non-hydrogen) atoms. The molecule has 1 atom stereocenters. The van der Waals surface area contributed by atoms with Crippen LogP contribution in [-0.4, -0.2) is 54.9 Å². The fourth-order valence-corrected chi connectivity index (χ4v) is 4.74. The van der Waals surface area contributed by atoms with E-state index < -0.39 is 11.5 Å². The van der Waals surface area contributed by atoms with Crippen LogP contribution in [0.2, 0.25) is 0 Å². The van der Waals surface area contributed by atoms with Crippen molar-refractivity contribution in [2.75, 3.05) is 38.2 Å². The second kappa shape index (κ2) is 12.2. The molecule has 2 heterocycles. The van der Waals surface area contributed by atoms with Crippen LogP contribution >= 0.6 is 11.3 Å². The van der Waals surface area contributed by atoms with Crippen molar-refractivity contribution in [2.45, 2.75) is 25.3 Å². The van der Waals surface area contributed by atoms with Crippen molar-refractivity contribution in [3.63, 3.8) is 0 Å². The van der Waals surface area contributed by atoms with Crippen LogP contribution in [0.25, 0.3) is 0 Å². The molecule has 0 saturated carbocycles. The minimum Gasteiger partial charge on any atom is -0.487 e. The number of rotatable bonds is 12. The minimum atomic E-state index is -1.01. The summed E-state index contributed by atoms with van der Waals surface area (Å²) in [5.74, 6) is 0.285. The van der Waals surface area contributed by atoms with Crippen LogP contribution < -0.4 is 25.8 Å². The highest BCUT2D eigenvalue weighted by Crippen LogP contribution is 2.41. The number of nitrogens with zero attached hydrogens (tertiary/aromatic N) is 1. The molecule has 5 N–H and O–H groups in total. The Morgan fingerprint density at radius 2 is 2.00 bits per heavy atom. The Labute approximate surface area is 218 Å². The summed E-state index contributed by atoms with van der Waals surface area (Å²) >= 11 is 1.36. The number of benzene rings is 2. The Kier molecular flexibility index (Phi) is 8.72. The van der Waals surface area contributed by atoms with Crippen molar-refractivity contribution < 1.29 is 28.9 Å². The largest absolute Gasteiger partial charge is 0.487 e. The van der Waals surface area contributed by atoms with Crippen LogP contribution in [0.15, 0.2) is 48.0 Å². The first-order chi connectivity index (χ1) is 17.9. The number of ether oxygens (including phenoxy) is 3. The fraction of sp³-hybridized carbons (Fsp3) is 0.346. The van der Waals surface area contributed by atoms with Gasteiger partial charge in [0.25, 0.3) is 0 Å². The van der Waals surface area contributed by atoms with Gasteiger partial charge in [-0.25, -0.2) is 9.78 Å². The van der Waals surface area contributed by atoms with Gasteiger partial charge >= 0.3 is 5.97 Å². The Bertz CT molecular complexity index is 1220. The highest BCUT2D eigenvalue weighted by molar-refractivity contribution is 7.13. The van der Waals surface area contributed by atoms with Crippen molar-refractivity contribution in [2.24, 2.45) is 5.73 Å². The molecule has 1 aliphatic heterocycles. The molecule has 11 heteroatoms. The third-order valence-electron chi connectivity index (χ3n) is 5.94. The van der Waals surface area contributed by atoms with E-state index in [-0.39, 0.29) is 17.9 Å². The number of aromatic nitrogens is 1. The molecule has 2 aromatic carbocycles. The van der Waals surface area contributed by atoms with Crippen molar-refractivity contribution in [3.8, 4) is 17.2 Å². The normalized spacial score (nSPS) is 16.6. The number of hydrogen-bond donors (Lipinski definition) is 4. The Morgan fingerprint density at radius 3 is 2.70 bits per heavy atom. The molecule has 0 aliphatic carbocycles. The van der Waals surface area contributed by atoms with Gasteiger partial charge in [-0.15, -0.1) is 11.3 Å². The molecule has 0 unspecified atom stereocenters. The van der Waals surface area contributed by atoms with Crippen molar-refractivity contribution in [1.29, 1.82) is 0 Å². The summed E-state index contributed by atoms with van der Waals surface area (Å²) in [5.41, 5.74) is 6.96. The summed E-state index contributed by atoms with van der Waals surface area (Å²) in [6.45, 7) is 4.24. The number of carbonyl (C=O) groups excluding carboxylic acids is 1. The van der Waals surface area contributed by atoms with E-state index in [1.807, 2.05) is 19.1 Å². The molecule has 1 aliphatic rings. The maximum absolute atomic E-state index is 12.8. The number of fused-ring (bicyclic) bond motifs is 1. The summed E-state index contributed by atoms with van der Waals surface area (Å²) in [4.78, 5) is 28.2. The lowest BCUT2D eigenvalue weighted by Crippen LogP contribution is -2.47. The van der Waals surface area contributed by atoms with E-state index in [9.17, 15) is 14.7 Å². The SMILES string of the molecule is C[C@]1(CC(=O)Nc2nccs2)NCCc2cc(OCCOCCN)c(Oc3ccc(C(=O)O)cc3)cc21. The molecule has 4 rings (SSSR count). The van der Waals surface area contributed by atoms with Crippen LogP contribution in [-0.2, 0) is 21.5 Å². The molecule has 1 amide bonds. The zero-order chi connectivity index (χ0) is 26.3. The van der Waals surface area contributed by atoms with Crippen molar-refractivity contribution in [1.82, 2.24) is 10.3 Å². The molecular formula is C26H30N4O6S. The third kappa shape index (κ3) is 6.83. The third-order valence-corrected chi connectivity index (χ3v) is 6.63. The van der Waals surface area contributed by atoms with E-state index in [1.54, 1.807) is 23.7 Å². The average Bonchev–Trinajstić information content (AvgIpc) is 3.37. The van der Waals surface area contributed by atoms with E-state index in [0.29, 0.717) is 55.3 Å². The molecule has 196 valence electrons. The number of aromatic carboxylic acids is 1. The summed E-state index contributed by atoms with van der Waals surface area (Å²) in [7, 11) is 0. The van der Waals surface area contributed by atoms with Gasteiger partial charge in [0, 0.05) is 36.6 Å². The van der Waals surface area contributed by atoms with Gasteiger partial charge in [0.2, 0.25) is 5.91 Å². The zero-order valence-corrected chi connectivity index (χ0v) is 21.3. The Hall–Kier alpha value is -3.51. The van der Waals surface area contributed by atoms with Crippen LogP contribution in [0.1, 0.15) is 34.8 Å². The Morgan fingerprint density at radius 1 is 1.19 bits per heavy atom. The fourth-order valence-electron chi connectivity index (χ4n) is 4.20. The van der Waals surface area contributed by atoms with Crippen molar-refractivity contribution >= 4 is 28.3 Å². The number of carboxylic acids is 1. The molecule has 1 aromatic heterocycles. The predicted molar refractivity (Wildman–Crippen MR) is 140 cm³/mol. The number of anilines is 1. The number of thiazole rings is 1. The second-order valence-electron chi connectivity index (χ2n) is 8.71. The van der Waals surface area contributed by atoms with Gasteiger partial charge in [0.1, 0.15) is 12.4 Å². The summed E-state index contributed by atoms with van der Waals surface area (Å²) < 4.78 is 17.6. The number of nitrogens with two attached hydrogens (primary N) is 1. The molecule has 0 saturated heterocycles. The number of carboxylic acid groups (broad SMARTS) is 1. The number of carbonyl (C=O) groups is 2. The van der Waals surface area contributed by atoms with Crippen molar-refractivity contribution in [3.05, 3.63) is 64.7 Å². The van der Waals surface area contributed by atoms with Gasteiger partial charge in [-0.2, -0.15) is 0 Å². The van der Waals surface area contributed by atoms with Crippen LogP contribution in [0.5, 0.6) is 17.2 Å². The second-order valence-corrected chi connectivity index (χ2v) is 9.60. The van der Waals surface area contributed by atoms with Crippen LogP contribution in [0.3, 0.4) is 0 Å². The standard InChI is InChI=1S/C26H30N4O6S/c1-26(16-23(31)30-25-28-9-13-37-25)20-15-22(36-19-4-2-17(3-5-19)24(32)33)21(14-18(20)6-8-29-26)35-12-11-34-10-7-27/h2-5,9,13-15,29H,6-8,10-12,16,27H2,1H3,(H,32,33)(H,28,30,31)/t26-/m1/s1. The van der Waals surface area contributed by atoms with E-state index in [4.69, 9.17) is 19.9 Å². The number of hydrogen-bond acceptors (Lipinski definition) is 9. The first-order valence-corrected chi connectivity index (χ1v) is 12.8. The lowest BCUT2D eigenvalue weighted by molar-refractivity contribution is -0.117. The van der Waals surface area contributed by atoms with Gasteiger partial charge in [-0.3, -0.25) is 4.79 Å². The highest BCUT2D eigenvalue weighted by Gasteiger charge is 2.35. The van der Waals surface area contributed by atoms with E-state index in [1.165, 1.54) is 23.5 Å². The Balaban J connectivity index is 1.61. The molecule has 10 nitrogen and oxygen atoms in total. The van der Waals surface area contributed by atoms with Gasteiger partial charge in [0.05, 0.1) is 18.8 Å². The zero-order valence-electron chi connectivity index (χ0n) is 20.5. The lowest BCUT2D eigenvalue weighted by Gasteiger charge is -2.37. The molecule has 3 aromatic rings. The minimum absolute atomic E-state index is 0.151. The van der Waals surface area contributed by atoms with Crippen LogP contribution in [0.4, 0.5) is 5.13 Å². The molecular weight excluding hydrogens is 496 g/mol. The van der Waals surface area contributed by atoms with Gasteiger partial charge in [0.15, 0.2) is 16.6 Å². The topological polar surface area (TPSA) is 145 Å².